The van der Waals surface area contributed by atoms with Gasteiger partial charge in [-0.05, 0) is 83.1 Å². The third kappa shape index (κ3) is 4.16. The van der Waals surface area contributed by atoms with E-state index in [9.17, 15) is 9.90 Å². The number of fused-ring (bicyclic) bond motifs is 1. The molecule has 192 valence electrons. The van der Waals surface area contributed by atoms with E-state index in [-0.39, 0.29) is 23.3 Å². The van der Waals surface area contributed by atoms with Crippen LogP contribution in [0.1, 0.15) is 78.6 Å². The Morgan fingerprint density at radius 3 is 2.41 bits per heavy atom. The van der Waals surface area contributed by atoms with Crippen LogP contribution in [-0.2, 0) is 9.47 Å². The fraction of sp³-hybridized carbons (Fsp3) is 0.889. The van der Waals surface area contributed by atoms with Crippen molar-refractivity contribution >= 4 is 6.09 Å². The Morgan fingerprint density at radius 2 is 1.76 bits per heavy atom. The average molecular weight is 476 g/mol. The summed E-state index contributed by atoms with van der Waals surface area (Å²) in [5, 5.41) is 11.8. The van der Waals surface area contributed by atoms with Gasteiger partial charge in [-0.15, -0.1) is 0 Å². The zero-order chi connectivity index (χ0) is 23.9. The second-order valence-corrected chi connectivity index (χ2v) is 11.7. The van der Waals surface area contributed by atoms with Gasteiger partial charge in [-0.3, -0.25) is 4.90 Å². The van der Waals surface area contributed by atoms with Crippen molar-refractivity contribution in [3.05, 3.63) is 11.3 Å². The number of carbonyl (C=O) groups excluding carboxylic acids is 1. The number of aliphatic hydroxyl groups excluding tert-OH is 1. The van der Waals surface area contributed by atoms with Crippen LogP contribution in [0.2, 0.25) is 0 Å². The van der Waals surface area contributed by atoms with E-state index in [1.54, 1.807) is 5.57 Å². The molecule has 5 rings (SSSR count). The first-order chi connectivity index (χ1) is 16.4. The van der Waals surface area contributed by atoms with Gasteiger partial charge in [0.05, 0.1) is 6.61 Å². The summed E-state index contributed by atoms with van der Waals surface area (Å²) in [4.78, 5) is 19.1. The van der Waals surface area contributed by atoms with Crippen molar-refractivity contribution in [3.63, 3.8) is 0 Å². The molecule has 0 bridgehead atoms. The molecule has 1 aliphatic carbocycles. The molecule has 0 saturated carbocycles. The summed E-state index contributed by atoms with van der Waals surface area (Å²) in [5.74, 6) is 0.701. The number of hydrogen-bond donors (Lipinski definition) is 1. The quantitative estimate of drug-likeness (QED) is 0.666. The van der Waals surface area contributed by atoms with Gasteiger partial charge in [0.15, 0.2) is 0 Å². The molecular weight excluding hydrogens is 430 g/mol. The predicted octanol–water partition coefficient (Wildman–Crippen LogP) is 3.97. The normalized spacial score (nSPS) is 32.2. The number of amides is 1. The van der Waals surface area contributed by atoms with Crippen molar-refractivity contribution in [2.75, 3.05) is 46.0 Å². The summed E-state index contributed by atoms with van der Waals surface area (Å²) in [7, 11) is 0. The minimum atomic E-state index is -0.383. The molecule has 0 aromatic heterocycles. The Bertz CT molecular complexity index is 777. The Labute approximate surface area is 205 Å². The van der Waals surface area contributed by atoms with Gasteiger partial charge in [0.1, 0.15) is 6.23 Å². The van der Waals surface area contributed by atoms with E-state index in [0.717, 1.165) is 90.8 Å². The highest BCUT2D eigenvalue weighted by Crippen LogP contribution is 2.56. The van der Waals surface area contributed by atoms with Gasteiger partial charge in [0.2, 0.25) is 0 Å². The molecule has 4 heterocycles. The summed E-state index contributed by atoms with van der Waals surface area (Å²) in [5.41, 5.74) is 3.13. The van der Waals surface area contributed by atoms with Gasteiger partial charge in [-0.2, -0.15) is 0 Å². The van der Waals surface area contributed by atoms with E-state index in [1.165, 1.54) is 12.1 Å². The number of likely N-dealkylation sites (tertiary alicyclic amines) is 2. The molecule has 4 aliphatic heterocycles. The molecule has 7 heteroatoms. The van der Waals surface area contributed by atoms with E-state index >= 15 is 0 Å². The number of rotatable bonds is 3. The maximum Gasteiger partial charge on any atom is 0.409 e. The zero-order valence-corrected chi connectivity index (χ0v) is 21.6. The summed E-state index contributed by atoms with van der Waals surface area (Å²) in [6, 6.07) is 0.423. The van der Waals surface area contributed by atoms with Crippen molar-refractivity contribution < 1.29 is 19.4 Å². The highest BCUT2D eigenvalue weighted by molar-refractivity contribution is 5.67. The van der Waals surface area contributed by atoms with E-state index < -0.39 is 0 Å². The molecule has 0 aromatic rings. The lowest BCUT2D eigenvalue weighted by Crippen LogP contribution is -2.59. The highest BCUT2D eigenvalue weighted by Gasteiger charge is 2.55. The van der Waals surface area contributed by atoms with Crippen LogP contribution in [0.4, 0.5) is 4.79 Å². The number of piperidine rings is 2. The van der Waals surface area contributed by atoms with Crippen molar-refractivity contribution in [2.45, 2.75) is 96.4 Å². The van der Waals surface area contributed by atoms with Crippen LogP contribution in [0.15, 0.2) is 11.3 Å². The number of allylic oxidation sites excluding steroid dienone is 1. The average Bonchev–Trinajstić information content (AvgIpc) is 3.07. The first-order valence-corrected chi connectivity index (χ1v) is 13.8. The number of hydrogen-bond acceptors (Lipinski definition) is 6. The van der Waals surface area contributed by atoms with E-state index in [1.807, 2.05) is 11.8 Å². The summed E-state index contributed by atoms with van der Waals surface area (Å²) < 4.78 is 10.9. The van der Waals surface area contributed by atoms with Gasteiger partial charge in [-0.1, -0.05) is 6.92 Å². The van der Waals surface area contributed by atoms with Crippen LogP contribution < -0.4 is 0 Å². The molecule has 5 aliphatic rings. The van der Waals surface area contributed by atoms with Crippen LogP contribution >= 0.6 is 0 Å². The summed E-state index contributed by atoms with van der Waals surface area (Å²) in [6.07, 6.45) is 9.11. The summed E-state index contributed by atoms with van der Waals surface area (Å²) in [6.45, 7) is 12.3. The minimum Gasteiger partial charge on any atom is -0.450 e. The first-order valence-electron chi connectivity index (χ1n) is 13.8. The van der Waals surface area contributed by atoms with Crippen molar-refractivity contribution in [2.24, 2.45) is 11.3 Å². The molecule has 1 spiro atoms. The van der Waals surface area contributed by atoms with Gasteiger partial charge in [0.25, 0.3) is 0 Å². The van der Waals surface area contributed by atoms with E-state index in [0.29, 0.717) is 18.6 Å². The lowest BCUT2D eigenvalue weighted by atomic mass is 9.70. The molecule has 3 saturated heterocycles. The number of ether oxygens (including phenoxy) is 2. The molecule has 3 fully saturated rings. The zero-order valence-electron chi connectivity index (χ0n) is 21.6. The monoisotopic (exact) mass is 475 g/mol. The van der Waals surface area contributed by atoms with Crippen molar-refractivity contribution in [3.8, 4) is 0 Å². The van der Waals surface area contributed by atoms with Crippen LogP contribution in [0, 0.1) is 11.3 Å². The van der Waals surface area contributed by atoms with Crippen molar-refractivity contribution in [1.82, 2.24) is 14.7 Å². The summed E-state index contributed by atoms with van der Waals surface area (Å²) >= 11 is 0. The third-order valence-electron chi connectivity index (χ3n) is 9.82. The van der Waals surface area contributed by atoms with E-state index in [4.69, 9.17) is 9.47 Å². The second-order valence-electron chi connectivity index (χ2n) is 11.7. The van der Waals surface area contributed by atoms with Crippen LogP contribution in [-0.4, -0.2) is 89.7 Å². The molecule has 0 aromatic carbocycles. The maximum absolute atomic E-state index is 12.1. The molecule has 2 unspecified atom stereocenters. The third-order valence-corrected chi connectivity index (χ3v) is 9.82. The number of aliphatic hydroxyl groups is 1. The van der Waals surface area contributed by atoms with Gasteiger partial charge < -0.3 is 24.4 Å². The molecule has 0 radical (unpaired) electrons. The molecule has 1 N–H and O–H groups in total. The number of nitrogens with zero attached hydrogens (tertiary/aromatic N) is 3. The second kappa shape index (κ2) is 9.62. The molecule has 7 nitrogen and oxygen atoms in total. The smallest absolute Gasteiger partial charge is 0.409 e. The van der Waals surface area contributed by atoms with Crippen LogP contribution in [0.3, 0.4) is 0 Å². The van der Waals surface area contributed by atoms with Crippen LogP contribution in [0.25, 0.3) is 0 Å². The molecule has 34 heavy (non-hydrogen) atoms. The first kappa shape index (κ1) is 24.4. The topological polar surface area (TPSA) is 65.5 Å². The Hall–Kier alpha value is -1.31. The lowest BCUT2D eigenvalue weighted by Gasteiger charge is -2.51. The highest BCUT2D eigenvalue weighted by atomic mass is 16.6. The van der Waals surface area contributed by atoms with Crippen LogP contribution in [0.5, 0.6) is 0 Å². The molecular formula is C27H45N3O4. The van der Waals surface area contributed by atoms with E-state index in [2.05, 4.69) is 23.6 Å². The van der Waals surface area contributed by atoms with Gasteiger partial charge >= 0.3 is 6.09 Å². The SMILES string of the molecule is CCOC(=O)N1CCC(C)(N2CCC(N3C4=C(CCC(C)C4)C4(CCOCC4)C3O)CC2)CC1. The fourth-order valence-electron chi connectivity index (χ4n) is 7.56. The lowest BCUT2D eigenvalue weighted by molar-refractivity contribution is -0.106. The Kier molecular flexibility index (Phi) is 6.90. The maximum atomic E-state index is 12.1. The van der Waals surface area contributed by atoms with Crippen molar-refractivity contribution in [1.29, 1.82) is 0 Å². The van der Waals surface area contributed by atoms with Gasteiger partial charge in [-0.25, -0.2) is 4.79 Å². The molecule has 2 atom stereocenters. The fourth-order valence-corrected chi connectivity index (χ4v) is 7.56. The Morgan fingerprint density at radius 1 is 1.09 bits per heavy atom. The Balaban J connectivity index is 1.25. The predicted molar refractivity (Wildman–Crippen MR) is 131 cm³/mol. The standard InChI is InChI=1S/C27H45N3O4/c1-4-34-25(32)28-15-9-26(3,10-16-28)29-13-7-21(8-14-29)30-23-19-20(2)5-6-22(23)27(24(30)31)11-17-33-18-12-27/h20-21,24,31H,4-19H2,1-3H3. The number of carbonyl (C=O) groups is 1. The molecule has 1 amide bonds. The van der Waals surface area contributed by atoms with Gasteiger partial charge in [0, 0.05) is 62.1 Å². The minimum absolute atomic E-state index is 0.0727. The largest absolute Gasteiger partial charge is 0.450 e.